The van der Waals surface area contributed by atoms with Crippen molar-refractivity contribution < 1.29 is 27.8 Å². The van der Waals surface area contributed by atoms with E-state index in [9.17, 15) is 18.0 Å². The molecule has 0 amide bonds. The lowest BCUT2D eigenvalue weighted by atomic mass is 10.0. The first-order valence-corrected chi connectivity index (χ1v) is 7.01. The maximum Gasteiger partial charge on any atom is 0.422 e. The number of pyridine rings is 1. The number of hydrogen-bond acceptors (Lipinski definition) is 4. The van der Waals surface area contributed by atoms with Crippen molar-refractivity contribution in [1.29, 1.82) is 0 Å². The lowest BCUT2D eigenvalue weighted by Crippen LogP contribution is -2.20. The van der Waals surface area contributed by atoms with Crippen molar-refractivity contribution in [3.8, 4) is 17.0 Å². The van der Waals surface area contributed by atoms with Gasteiger partial charge in [0, 0.05) is 23.3 Å². The number of carboxylic acids is 1. The summed E-state index contributed by atoms with van der Waals surface area (Å²) in [6.45, 7) is -1.44. The number of halogens is 4. The van der Waals surface area contributed by atoms with Gasteiger partial charge in [-0.05, 0) is 29.3 Å². The molecule has 0 radical (unpaired) electrons. The Morgan fingerprint density at radius 1 is 1.33 bits per heavy atom. The summed E-state index contributed by atoms with van der Waals surface area (Å²) >= 11 is 5.96. The Morgan fingerprint density at radius 3 is 2.62 bits per heavy atom. The molecule has 3 N–H and O–H groups in total. The molecule has 2 rings (SSSR count). The van der Waals surface area contributed by atoms with Crippen LogP contribution in [0.2, 0.25) is 5.02 Å². The summed E-state index contributed by atoms with van der Waals surface area (Å²) < 4.78 is 41.8. The number of nitrogens with two attached hydrogens (primary N) is 1. The van der Waals surface area contributed by atoms with E-state index in [0.717, 1.165) is 6.20 Å². The number of aromatic nitrogens is 1. The smallest absolute Gasteiger partial charge is 0.422 e. The fourth-order valence-corrected chi connectivity index (χ4v) is 2.13. The minimum absolute atomic E-state index is 0.102. The summed E-state index contributed by atoms with van der Waals surface area (Å²) in [7, 11) is 0. The summed E-state index contributed by atoms with van der Waals surface area (Å²) in [6, 6.07) is 5.76. The van der Waals surface area contributed by atoms with Crippen molar-refractivity contribution in [2.75, 3.05) is 6.61 Å². The van der Waals surface area contributed by atoms with E-state index in [0.29, 0.717) is 16.1 Å². The zero-order valence-electron chi connectivity index (χ0n) is 12.1. The van der Waals surface area contributed by atoms with Crippen molar-refractivity contribution in [2.24, 2.45) is 5.73 Å². The maximum absolute atomic E-state index is 12.4. The molecule has 0 saturated carbocycles. The predicted molar refractivity (Wildman–Crippen MR) is 81.1 cm³/mol. The van der Waals surface area contributed by atoms with Crippen molar-refractivity contribution in [2.45, 2.75) is 12.7 Å². The molecule has 1 aromatic carbocycles. The summed E-state index contributed by atoms with van der Waals surface area (Å²) in [4.78, 5) is 14.8. The van der Waals surface area contributed by atoms with Crippen LogP contribution in [0.3, 0.4) is 0 Å². The third-order valence-corrected chi connectivity index (χ3v) is 3.42. The molecule has 0 unspecified atom stereocenters. The first-order valence-electron chi connectivity index (χ1n) is 6.63. The average molecular weight is 361 g/mol. The number of alkyl halides is 3. The molecule has 0 fully saturated rings. The summed E-state index contributed by atoms with van der Waals surface area (Å²) in [5, 5.41) is 9.44. The Balaban J connectivity index is 2.51. The van der Waals surface area contributed by atoms with Crippen LogP contribution in [0.5, 0.6) is 5.88 Å². The maximum atomic E-state index is 12.4. The molecule has 0 spiro atoms. The monoisotopic (exact) mass is 360 g/mol. The van der Waals surface area contributed by atoms with Crippen molar-refractivity contribution >= 4 is 17.6 Å². The SMILES string of the molecule is NCc1cc(-c2cc(C(=O)O)cnc2OCC(F)(F)F)ccc1Cl. The first-order chi connectivity index (χ1) is 11.2. The highest BCUT2D eigenvalue weighted by molar-refractivity contribution is 6.31. The third-order valence-electron chi connectivity index (χ3n) is 3.05. The number of carbonyl (C=O) groups is 1. The molecular weight excluding hydrogens is 349 g/mol. The molecule has 9 heteroatoms. The normalized spacial score (nSPS) is 11.4. The van der Waals surface area contributed by atoms with Gasteiger partial charge in [0.1, 0.15) is 0 Å². The van der Waals surface area contributed by atoms with Crippen LogP contribution in [-0.2, 0) is 6.54 Å². The second kappa shape index (κ2) is 7.06. The lowest BCUT2D eigenvalue weighted by molar-refractivity contribution is -0.154. The van der Waals surface area contributed by atoms with Gasteiger partial charge in [0.2, 0.25) is 5.88 Å². The zero-order valence-corrected chi connectivity index (χ0v) is 12.9. The molecule has 5 nitrogen and oxygen atoms in total. The molecule has 128 valence electrons. The molecule has 1 heterocycles. The molecule has 0 aliphatic rings. The second-order valence-electron chi connectivity index (χ2n) is 4.80. The van der Waals surface area contributed by atoms with E-state index in [4.69, 9.17) is 27.2 Å². The van der Waals surface area contributed by atoms with Crippen LogP contribution in [0.25, 0.3) is 11.1 Å². The lowest BCUT2D eigenvalue weighted by Gasteiger charge is -2.14. The summed E-state index contributed by atoms with van der Waals surface area (Å²) in [5.74, 6) is -1.60. The van der Waals surface area contributed by atoms with Crippen LogP contribution in [0, 0.1) is 0 Å². The van der Waals surface area contributed by atoms with Gasteiger partial charge in [0.25, 0.3) is 0 Å². The highest BCUT2D eigenvalue weighted by Crippen LogP contribution is 2.32. The minimum atomic E-state index is -4.55. The van der Waals surface area contributed by atoms with E-state index in [1.54, 1.807) is 6.07 Å². The van der Waals surface area contributed by atoms with Crippen LogP contribution in [-0.4, -0.2) is 28.8 Å². The van der Waals surface area contributed by atoms with Crippen LogP contribution in [0.1, 0.15) is 15.9 Å². The van der Waals surface area contributed by atoms with Gasteiger partial charge in [-0.15, -0.1) is 0 Å². The van der Waals surface area contributed by atoms with E-state index in [1.165, 1.54) is 18.2 Å². The van der Waals surface area contributed by atoms with Gasteiger partial charge in [-0.3, -0.25) is 0 Å². The van der Waals surface area contributed by atoms with E-state index in [1.807, 2.05) is 0 Å². The molecular formula is C15H12ClF3N2O3. The van der Waals surface area contributed by atoms with Gasteiger partial charge < -0.3 is 15.6 Å². The van der Waals surface area contributed by atoms with Crippen LogP contribution < -0.4 is 10.5 Å². The van der Waals surface area contributed by atoms with Gasteiger partial charge in [-0.2, -0.15) is 13.2 Å². The highest BCUT2D eigenvalue weighted by Gasteiger charge is 2.29. The molecule has 0 aliphatic carbocycles. The quantitative estimate of drug-likeness (QED) is 0.852. The van der Waals surface area contributed by atoms with Crippen LogP contribution in [0.4, 0.5) is 13.2 Å². The van der Waals surface area contributed by atoms with E-state index in [2.05, 4.69) is 4.98 Å². The van der Waals surface area contributed by atoms with Gasteiger partial charge >= 0.3 is 12.1 Å². The number of rotatable bonds is 5. The van der Waals surface area contributed by atoms with Crippen molar-refractivity contribution in [3.05, 3.63) is 46.6 Å². The summed E-state index contributed by atoms with van der Waals surface area (Å²) in [6.07, 6.45) is -3.62. The van der Waals surface area contributed by atoms with E-state index in [-0.39, 0.29) is 23.6 Å². The largest absolute Gasteiger partial charge is 0.478 e. The second-order valence-corrected chi connectivity index (χ2v) is 5.20. The Kier molecular flexibility index (Phi) is 5.30. The van der Waals surface area contributed by atoms with Crippen LogP contribution >= 0.6 is 11.6 Å². The number of benzene rings is 1. The topological polar surface area (TPSA) is 85.4 Å². The van der Waals surface area contributed by atoms with E-state index < -0.39 is 18.8 Å². The predicted octanol–water partition coefficient (Wildman–Crippen LogP) is 3.50. The number of aromatic carboxylic acids is 1. The minimum Gasteiger partial charge on any atom is -0.478 e. The van der Waals surface area contributed by atoms with Gasteiger partial charge in [-0.25, -0.2) is 9.78 Å². The molecule has 0 saturated heterocycles. The van der Waals surface area contributed by atoms with Crippen molar-refractivity contribution in [3.63, 3.8) is 0 Å². The molecule has 1 aromatic heterocycles. The Bertz CT molecular complexity index is 766. The Labute approximate surface area is 139 Å². The molecule has 0 bridgehead atoms. The average Bonchev–Trinajstić information content (AvgIpc) is 2.52. The fraction of sp³-hybridized carbons (Fsp3) is 0.200. The van der Waals surface area contributed by atoms with Crippen LogP contribution in [0.15, 0.2) is 30.5 Å². The molecule has 0 aliphatic heterocycles. The number of nitrogens with zero attached hydrogens (tertiary/aromatic N) is 1. The van der Waals surface area contributed by atoms with Gasteiger partial charge in [0.15, 0.2) is 6.61 Å². The Morgan fingerprint density at radius 2 is 2.04 bits per heavy atom. The summed E-state index contributed by atoms with van der Waals surface area (Å²) in [5.41, 5.74) is 6.42. The van der Waals surface area contributed by atoms with E-state index >= 15 is 0 Å². The molecule has 2 aromatic rings. The number of carboxylic acid groups (broad SMARTS) is 1. The number of hydrogen-bond donors (Lipinski definition) is 2. The van der Waals surface area contributed by atoms with Gasteiger partial charge in [0.05, 0.1) is 5.56 Å². The fourth-order valence-electron chi connectivity index (χ4n) is 1.94. The molecule has 0 atom stereocenters. The Hall–Kier alpha value is -2.32. The molecule has 24 heavy (non-hydrogen) atoms. The first kappa shape index (κ1) is 18.0. The van der Waals surface area contributed by atoms with Crippen molar-refractivity contribution in [1.82, 2.24) is 4.98 Å². The van der Waals surface area contributed by atoms with Gasteiger partial charge in [-0.1, -0.05) is 17.7 Å². The standard InChI is InChI=1S/C15H12ClF3N2O3/c16-12-2-1-8(3-9(12)5-20)11-4-10(14(22)23)6-21-13(11)24-7-15(17,18)19/h1-4,6H,5,7,20H2,(H,22,23). The highest BCUT2D eigenvalue weighted by atomic mass is 35.5. The zero-order chi connectivity index (χ0) is 17.9. The number of ether oxygens (including phenoxy) is 1. The third kappa shape index (κ3) is 4.36.